The molecule has 1 aliphatic rings. The van der Waals surface area contributed by atoms with E-state index in [-0.39, 0.29) is 19.1 Å². The van der Waals surface area contributed by atoms with Gasteiger partial charge in [0.2, 0.25) is 0 Å². The van der Waals surface area contributed by atoms with E-state index in [1.165, 1.54) is 0 Å². The Labute approximate surface area is 124 Å². The van der Waals surface area contributed by atoms with Gasteiger partial charge in [-0.2, -0.15) is 0 Å². The molecule has 0 radical (unpaired) electrons. The van der Waals surface area contributed by atoms with Crippen LogP contribution in [0.1, 0.15) is 24.5 Å². The Bertz CT molecular complexity index is 569. The highest BCUT2D eigenvalue weighted by atomic mass is 16.5. The third-order valence-electron chi connectivity index (χ3n) is 4.02. The van der Waals surface area contributed by atoms with Gasteiger partial charge >= 0.3 is 5.97 Å². The van der Waals surface area contributed by atoms with E-state index >= 15 is 0 Å². The minimum absolute atomic E-state index is 0.0560. The van der Waals surface area contributed by atoms with Crippen LogP contribution in [0.5, 0.6) is 5.75 Å². The van der Waals surface area contributed by atoms with Gasteiger partial charge in [-0.25, -0.2) is 0 Å². The summed E-state index contributed by atoms with van der Waals surface area (Å²) in [7, 11) is 0. The highest BCUT2D eigenvalue weighted by molar-refractivity contribution is 5.81. The zero-order chi connectivity index (χ0) is 15.6. The van der Waals surface area contributed by atoms with Gasteiger partial charge in [-0.05, 0) is 38.8 Å². The van der Waals surface area contributed by atoms with Crippen LogP contribution in [0.2, 0.25) is 0 Å². The van der Waals surface area contributed by atoms with Gasteiger partial charge in [0.15, 0.2) is 6.61 Å². The third-order valence-corrected chi connectivity index (χ3v) is 4.02. The van der Waals surface area contributed by atoms with Crippen molar-refractivity contribution in [2.24, 2.45) is 5.41 Å². The number of hydrogen-bond acceptors (Lipinski definition) is 3. The first-order valence-electron chi connectivity index (χ1n) is 7.03. The second-order valence-electron chi connectivity index (χ2n) is 5.99. The SMILES string of the molecule is Cc1ccc(OCC(=O)N2CCC(C)(C(=O)O)C2)c(C)c1. The molecule has 114 valence electrons. The molecule has 1 fully saturated rings. The molecule has 1 N–H and O–H groups in total. The molecule has 0 spiro atoms. The molecule has 1 atom stereocenters. The molecular weight excluding hydrogens is 270 g/mol. The Balaban J connectivity index is 1.93. The van der Waals surface area contributed by atoms with E-state index in [1.807, 2.05) is 32.0 Å². The number of carbonyl (C=O) groups excluding carboxylic acids is 1. The summed E-state index contributed by atoms with van der Waals surface area (Å²) in [5.74, 6) is -0.331. The molecule has 1 aromatic carbocycles. The molecule has 5 heteroatoms. The summed E-state index contributed by atoms with van der Waals surface area (Å²) in [6, 6.07) is 5.78. The van der Waals surface area contributed by atoms with Crippen molar-refractivity contribution < 1.29 is 19.4 Å². The van der Waals surface area contributed by atoms with E-state index in [1.54, 1.807) is 11.8 Å². The molecule has 0 aliphatic carbocycles. The van der Waals surface area contributed by atoms with Crippen LogP contribution < -0.4 is 4.74 Å². The fraction of sp³-hybridized carbons (Fsp3) is 0.500. The number of nitrogens with zero attached hydrogens (tertiary/aromatic N) is 1. The average molecular weight is 291 g/mol. The maximum atomic E-state index is 12.1. The number of hydrogen-bond donors (Lipinski definition) is 1. The standard InChI is InChI=1S/C16H21NO4/c1-11-4-5-13(12(2)8-11)21-9-14(18)17-7-6-16(3,10-17)15(19)20/h4-5,8H,6-7,9-10H2,1-3H3,(H,19,20). The summed E-state index contributed by atoms with van der Waals surface area (Å²) in [5, 5.41) is 9.17. The molecule has 21 heavy (non-hydrogen) atoms. The number of carboxylic acid groups (broad SMARTS) is 1. The molecular formula is C16H21NO4. The Morgan fingerprint density at radius 1 is 1.38 bits per heavy atom. The molecule has 1 saturated heterocycles. The van der Waals surface area contributed by atoms with E-state index in [0.29, 0.717) is 18.7 Å². The van der Waals surface area contributed by atoms with E-state index < -0.39 is 11.4 Å². The second-order valence-corrected chi connectivity index (χ2v) is 5.99. The fourth-order valence-corrected chi connectivity index (χ4v) is 2.54. The number of amides is 1. The lowest BCUT2D eigenvalue weighted by Crippen LogP contribution is -2.37. The minimum atomic E-state index is -0.854. The van der Waals surface area contributed by atoms with Crippen molar-refractivity contribution in [3.63, 3.8) is 0 Å². The van der Waals surface area contributed by atoms with Crippen molar-refractivity contribution in [3.05, 3.63) is 29.3 Å². The van der Waals surface area contributed by atoms with Gasteiger partial charge in [0.1, 0.15) is 5.75 Å². The Kier molecular flexibility index (Phi) is 4.21. The average Bonchev–Trinajstić information content (AvgIpc) is 2.82. The van der Waals surface area contributed by atoms with Crippen LogP contribution in [0.15, 0.2) is 18.2 Å². The first kappa shape index (κ1) is 15.4. The highest BCUT2D eigenvalue weighted by Gasteiger charge is 2.42. The molecule has 1 aromatic rings. The normalized spacial score (nSPS) is 21.4. The summed E-state index contributed by atoms with van der Waals surface area (Å²) in [6.07, 6.45) is 0.484. The number of rotatable bonds is 4. The van der Waals surface area contributed by atoms with Gasteiger partial charge in [0, 0.05) is 13.1 Å². The lowest BCUT2D eigenvalue weighted by molar-refractivity contribution is -0.147. The molecule has 5 nitrogen and oxygen atoms in total. The van der Waals surface area contributed by atoms with Gasteiger partial charge in [0.25, 0.3) is 5.91 Å². The molecule has 1 amide bonds. The molecule has 1 aliphatic heterocycles. The monoisotopic (exact) mass is 291 g/mol. The number of aliphatic carboxylic acids is 1. The van der Waals surface area contributed by atoms with Gasteiger partial charge in [-0.1, -0.05) is 17.7 Å². The molecule has 0 bridgehead atoms. The lowest BCUT2D eigenvalue weighted by atomic mass is 9.90. The molecule has 2 rings (SSSR count). The van der Waals surface area contributed by atoms with Gasteiger partial charge in [0.05, 0.1) is 5.41 Å². The predicted molar refractivity (Wildman–Crippen MR) is 78.4 cm³/mol. The first-order chi connectivity index (χ1) is 9.82. The van der Waals surface area contributed by atoms with Crippen molar-refractivity contribution >= 4 is 11.9 Å². The second kappa shape index (κ2) is 5.76. The van der Waals surface area contributed by atoms with Crippen LogP contribution in [0.25, 0.3) is 0 Å². The van der Waals surface area contributed by atoms with E-state index in [9.17, 15) is 14.7 Å². The molecule has 1 heterocycles. The van der Waals surface area contributed by atoms with Crippen LogP contribution >= 0.6 is 0 Å². The maximum Gasteiger partial charge on any atom is 0.311 e. The van der Waals surface area contributed by atoms with E-state index in [0.717, 1.165) is 11.1 Å². The number of likely N-dealkylation sites (tertiary alicyclic amines) is 1. The summed E-state index contributed by atoms with van der Waals surface area (Å²) in [6.45, 7) is 6.27. The third kappa shape index (κ3) is 3.35. The van der Waals surface area contributed by atoms with Crippen molar-refractivity contribution in [2.45, 2.75) is 27.2 Å². The number of aryl methyl sites for hydroxylation is 2. The van der Waals surface area contributed by atoms with Crippen molar-refractivity contribution in [3.8, 4) is 5.75 Å². The summed E-state index contributed by atoms with van der Waals surface area (Å²) in [4.78, 5) is 24.9. The predicted octanol–water partition coefficient (Wildman–Crippen LogP) is 2.01. The first-order valence-corrected chi connectivity index (χ1v) is 7.03. The zero-order valence-corrected chi connectivity index (χ0v) is 12.7. The summed E-state index contributed by atoms with van der Waals surface area (Å²) >= 11 is 0. The van der Waals surface area contributed by atoms with Gasteiger partial charge in [-0.3, -0.25) is 9.59 Å². The fourth-order valence-electron chi connectivity index (χ4n) is 2.54. The molecule has 1 unspecified atom stereocenters. The quantitative estimate of drug-likeness (QED) is 0.921. The van der Waals surface area contributed by atoms with Gasteiger partial charge in [-0.15, -0.1) is 0 Å². The highest BCUT2D eigenvalue weighted by Crippen LogP contribution is 2.30. The molecule has 0 saturated carbocycles. The van der Waals surface area contributed by atoms with Crippen molar-refractivity contribution in [1.29, 1.82) is 0 Å². The molecule has 0 aromatic heterocycles. The number of carboxylic acids is 1. The van der Waals surface area contributed by atoms with Crippen molar-refractivity contribution in [1.82, 2.24) is 4.90 Å². The van der Waals surface area contributed by atoms with Crippen LogP contribution in [0.3, 0.4) is 0 Å². The lowest BCUT2D eigenvalue weighted by Gasteiger charge is -2.20. The Morgan fingerprint density at radius 3 is 2.67 bits per heavy atom. The Morgan fingerprint density at radius 2 is 2.10 bits per heavy atom. The minimum Gasteiger partial charge on any atom is -0.484 e. The maximum absolute atomic E-state index is 12.1. The number of carbonyl (C=O) groups is 2. The number of ether oxygens (including phenoxy) is 1. The summed E-state index contributed by atoms with van der Waals surface area (Å²) in [5.41, 5.74) is 1.29. The summed E-state index contributed by atoms with van der Waals surface area (Å²) < 4.78 is 5.56. The van der Waals surface area contributed by atoms with Crippen molar-refractivity contribution in [2.75, 3.05) is 19.7 Å². The number of benzene rings is 1. The smallest absolute Gasteiger partial charge is 0.311 e. The Hall–Kier alpha value is -2.04. The topological polar surface area (TPSA) is 66.8 Å². The van der Waals surface area contributed by atoms with Crippen LogP contribution in [-0.4, -0.2) is 41.6 Å². The van der Waals surface area contributed by atoms with E-state index in [2.05, 4.69) is 0 Å². The van der Waals surface area contributed by atoms with Crippen LogP contribution in [0.4, 0.5) is 0 Å². The largest absolute Gasteiger partial charge is 0.484 e. The van der Waals surface area contributed by atoms with E-state index in [4.69, 9.17) is 4.74 Å². The van der Waals surface area contributed by atoms with Crippen LogP contribution in [-0.2, 0) is 9.59 Å². The zero-order valence-electron chi connectivity index (χ0n) is 12.7. The van der Waals surface area contributed by atoms with Gasteiger partial charge < -0.3 is 14.7 Å². The van der Waals surface area contributed by atoms with Crippen LogP contribution in [0, 0.1) is 19.3 Å².